The van der Waals surface area contributed by atoms with Crippen LogP contribution in [0.2, 0.25) is 0 Å². The number of aryl methyl sites for hydroxylation is 1. The molecule has 0 radical (unpaired) electrons. The standard InChI is InChI=1S/C16H19N3O6S/c1-11-10-14(18-25-11)17-15(20)8-9-19(26(3,22)23)13-6-4-12(5-7-13)16(21)24-2/h4-7,10H,8-9H2,1-3H3,(H,17,18,20). The lowest BCUT2D eigenvalue weighted by atomic mass is 10.2. The van der Waals surface area contributed by atoms with Crippen LogP contribution in [0.15, 0.2) is 34.9 Å². The molecular weight excluding hydrogens is 362 g/mol. The number of aromatic nitrogens is 1. The topological polar surface area (TPSA) is 119 Å². The Morgan fingerprint density at radius 2 is 1.92 bits per heavy atom. The number of esters is 1. The Kier molecular flexibility index (Phi) is 5.98. The molecule has 10 heteroatoms. The molecule has 2 aromatic rings. The summed E-state index contributed by atoms with van der Waals surface area (Å²) in [6.07, 6.45) is 0.956. The first-order chi connectivity index (χ1) is 12.2. The highest BCUT2D eigenvalue weighted by molar-refractivity contribution is 7.92. The lowest BCUT2D eigenvalue weighted by Crippen LogP contribution is -2.33. The lowest BCUT2D eigenvalue weighted by Gasteiger charge is -2.22. The zero-order chi connectivity index (χ0) is 19.3. The number of hydrogen-bond donors (Lipinski definition) is 1. The van der Waals surface area contributed by atoms with E-state index in [1.54, 1.807) is 13.0 Å². The fourth-order valence-corrected chi connectivity index (χ4v) is 3.13. The minimum Gasteiger partial charge on any atom is -0.465 e. The Morgan fingerprint density at radius 3 is 2.42 bits per heavy atom. The molecule has 0 spiro atoms. The minimum absolute atomic E-state index is 0.0704. The molecule has 0 saturated heterocycles. The molecular formula is C16H19N3O6S. The highest BCUT2D eigenvalue weighted by Gasteiger charge is 2.19. The normalized spacial score (nSPS) is 11.0. The van der Waals surface area contributed by atoms with Gasteiger partial charge in [-0.05, 0) is 31.2 Å². The summed E-state index contributed by atoms with van der Waals surface area (Å²) in [5.41, 5.74) is 0.633. The second-order valence-corrected chi connectivity index (χ2v) is 7.40. The third kappa shape index (κ3) is 5.06. The molecule has 0 bridgehead atoms. The van der Waals surface area contributed by atoms with Crippen LogP contribution in [0.3, 0.4) is 0 Å². The SMILES string of the molecule is COC(=O)c1ccc(N(CCC(=O)Nc2cc(C)on2)S(C)(=O)=O)cc1. The van der Waals surface area contributed by atoms with Crippen molar-refractivity contribution in [1.29, 1.82) is 0 Å². The van der Waals surface area contributed by atoms with Gasteiger partial charge in [-0.3, -0.25) is 9.10 Å². The van der Waals surface area contributed by atoms with Crippen LogP contribution >= 0.6 is 0 Å². The quantitative estimate of drug-likeness (QED) is 0.723. The summed E-state index contributed by atoms with van der Waals surface area (Å²) < 4.78 is 34.6. The van der Waals surface area contributed by atoms with E-state index >= 15 is 0 Å². The Hall–Kier alpha value is -2.88. The van der Waals surface area contributed by atoms with Gasteiger partial charge in [0.25, 0.3) is 0 Å². The van der Waals surface area contributed by atoms with Gasteiger partial charge in [-0.1, -0.05) is 5.16 Å². The number of carbonyl (C=O) groups is 2. The molecule has 0 aliphatic carbocycles. The van der Waals surface area contributed by atoms with Crippen LogP contribution in [0.4, 0.5) is 11.5 Å². The number of methoxy groups -OCH3 is 1. The molecule has 2 rings (SSSR count). The predicted octanol–water partition coefficient (Wildman–Crippen LogP) is 1.56. The Bertz CT molecular complexity index is 889. The Labute approximate surface area is 151 Å². The van der Waals surface area contributed by atoms with Gasteiger partial charge >= 0.3 is 5.97 Å². The van der Waals surface area contributed by atoms with Gasteiger partial charge in [-0.2, -0.15) is 0 Å². The number of benzene rings is 1. The van der Waals surface area contributed by atoms with E-state index < -0.39 is 21.9 Å². The fraction of sp³-hybridized carbons (Fsp3) is 0.312. The van der Waals surface area contributed by atoms with E-state index in [0.717, 1.165) is 10.6 Å². The lowest BCUT2D eigenvalue weighted by molar-refractivity contribution is -0.116. The van der Waals surface area contributed by atoms with Crippen LogP contribution in [0, 0.1) is 6.92 Å². The highest BCUT2D eigenvalue weighted by atomic mass is 32.2. The highest BCUT2D eigenvalue weighted by Crippen LogP contribution is 2.19. The predicted molar refractivity (Wildman–Crippen MR) is 94.5 cm³/mol. The molecule has 1 aromatic heterocycles. The van der Waals surface area contributed by atoms with E-state index in [4.69, 9.17) is 4.52 Å². The monoisotopic (exact) mass is 381 g/mol. The van der Waals surface area contributed by atoms with E-state index in [0.29, 0.717) is 17.0 Å². The van der Waals surface area contributed by atoms with E-state index in [9.17, 15) is 18.0 Å². The van der Waals surface area contributed by atoms with Crippen LogP contribution < -0.4 is 9.62 Å². The van der Waals surface area contributed by atoms with Crippen LogP contribution in [0.25, 0.3) is 0 Å². The van der Waals surface area contributed by atoms with E-state index in [-0.39, 0.29) is 18.8 Å². The fourth-order valence-electron chi connectivity index (χ4n) is 2.20. The van der Waals surface area contributed by atoms with Crippen molar-refractivity contribution in [3.05, 3.63) is 41.7 Å². The van der Waals surface area contributed by atoms with Crippen LogP contribution in [-0.2, 0) is 19.6 Å². The summed E-state index contributed by atoms with van der Waals surface area (Å²) in [7, 11) is -2.36. The van der Waals surface area contributed by atoms with Gasteiger partial charge in [0.2, 0.25) is 15.9 Å². The molecule has 1 amide bonds. The van der Waals surface area contributed by atoms with Crippen molar-refractivity contribution in [3.63, 3.8) is 0 Å². The second kappa shape index (κ2) is 8.00. The van der Waals surface area contributed by atoms with Gasteiger partial charge in [-0.15, -0.1) is 0 Å². The summed E-state index contributed by atoms with van der Waals surface area (Å²) in [5, 5.41) is 6.17. The molecule has 0 aliphatic rings. The minimum atomic E-state index is -3.62. The molecule has 0 saturated carbocycles. The first-order valence-electron chi connectivity index (χ1n) is 7.60. The molecule has 26 heavy (non-hydrogen) atoms. The van der Waals surface area contributed by atoms with Crippen molar-refractivity contribution in [3.8, 4) is 0 Å². The van der Waals surface area contributed by atoms with E-state index in [1.165, 1.54) is 31.4 Å². The summed E-state index contributed by atoms with van der Waals surface area (Å²) in [6, 6.07) is 7.42. The number of ether oxygens (including phenoxy) is 1. The average Bonchev–Trinajstić information content (AvgIpc) is 2.98. The zero-order valence-electron chi connectivity index (χ0n) is 14.6. The number of amides is 1. The molecule has 0 aliphatic heterocycles. The van der Waals surface area contributed by atoms with E-state index in [2.05, 4.69) is 15.2 Å². The zero-order valence-corrected chi connectivity index (χ0v) is 15.4. The molecule has 0 unspecified atom stereocenters. The maximum absolute atomic E-state index is 12.1. The largest absolute Gasteiger partial charge is 0.465 e. The number of nitrogens with one attached hydrogen (secondary N) is 1. The molecule has 0 fully saturated rings. The summed E-state index contributed by atoms with van der Waals surface area (Å²) in [5.74, 6) is -0.118. The van der Waals surface area contributed by atoms with Crippen LogP contribution in [0.5, 0.6) is 0 Å². The number of hydrogen-bond acceptors (Lipinski definition) is 7. The first kappa shape index (κ1) is 19.4. The number of anilines is 2. The van der Waals surface area contributed by atoms with Crippen LogP contribution in [-0.4, -0.2) is 45.4 Å². The molecule has 1 aromatic carbocycles. The van der Waals surface area contributed by atoms with Gasteiger partial charge in [0.1, 0.15) is 5.76 Å². The third-order valence-corrected chi connectivity index (χ3v) is 4.61. The number of carbonyl (C=O) groups excluding carboxylic acids is 2. The first-order valence-corrected chi connectivity index (χ1v) is 9.45. The summed E-state index contributed by atoms with van der Waals surface area (Å²) >= 11 is 0. The number of sulfonamides is 1. The summed E-state index contributed by atoms with van der Waals surface area (Å²) in [6.45, 7) is 1.62. The van der Waals surface area contributed by atoms with E-state index in [1.807, 2.05) is 0 Å². The second-order valence-electron chi connectivity index (χ2n) is 5.49. The smallest absolute Gasteiger partial charge is 0.337 e. The maximum Gasteiger partial charge on any atom is 0.337 e. The van der Waals surface area contributed by atoms with Crippen molar-refractivity contribution < 1.29 is 27.3 Å². The Morgan fingerprint density at radius 1 is 1.27 bits per heavy atom. The van der Waals surface area contributed by atoms with Gasteiger partial charge < -0.3 is 14.6 Å². The summed E-state index contributed by atoms with van der Waals surface area (Å²) in [4.78, 5) is 23.5. The molecule has 140 valence electrons. The molecule has 1 N–H and O–H groups in total. The van der Waals surface area contributed by atoms with Crippen molar-refractivity contribution in [1.82, 2.24) is 5.16 Å². The van der Waals surface area contributed by atoms with Crippen molar-refractivity contribution in [2.75, 3.05) is 29.5 Å². The Balaban J connectivity index is 2.08. The van der Waals surface area contributed by atoms with Crippen molar-refractivity contribution >= 4 is 33.4 Å². The molecule has 9 nitrogen and oxygen atoms in total. The number of rotatable bonds is 7. The average molecular weight is 381 g/mol. The third-order valence-electron chi connectivity index (χ3n) is 3.41. The molecule has 0 atom stereocenters. The number of nitrogens with zero attached hydrogens (tertiary/aromatic N) is 2. The molecule has 1 heterocycles. The van der Waals surface area contributed by atoms with Crippen molar-refractivity contribution in [2.45, 2.75) is 13.3 Å². The van der Waals surface area contributed by atoms with Gasteiger partial charge in [0.05, 0.1) is 24.6 Å². The maximum atomic E-state index is 12.1. The van der Waals surface area contributed by atoms with Gasteiger partial charge in [0, 0.05) is 19.0 Å². The van der Waals surface area contributed by atoms with Crippen LogP contribution in [0.1, 0.15) is 22.5 Å². The van der Waals surface area contributed by atoms with Crippen molar-refractivity contribution in [2.24, 2.45) is 0 Å². The van der Waals surface area contributed by atoms with Gasteiger partial charge in [-0.25, -0.2) is 13.2 Å². The van der Waals surface area contributed by atoms with Gasteiger partial charge in [0.15, 0.2) is 5.82 Å².